The second-order valence-electron chi connectivity index (χ2n) is 8.12. The molecule has 1 aliphatic heterocycles. The number of rotatable bonds is 5. The van der Waals surface area contributed by atoms with E-state index in [2.05, 4.69) is 5.32 Å². The van der Waals surface area contributed by atoms with Crippen molar-refractivity contribution in [3.8, 4) is 0 Å². The number of aromatic nitrogens is 1. The number of nitrogens with one attached hydrogen (secondary N) is 1. The summed E-state index contributed by atoms with van der Waals surface area (Å²) in [5.74, 6) is -1.26. The maximum absolute atomic E-state index is 12.9. The molecule has 3 heterocycles. The third-order valence-corrected chi connectivity index (χ3v) is 8.27. The SMILES string of the molecule is Cn1cc(C(C)(C)C)cc1C(=O)Nc1sc(S(=O)(=O)N2CCOCC2)cc1C(N)=O. The van der Waals surface area contributed by atoms with E-state index in [0.29, 0.717) is 18.9 Å². The fourth-order valence-corrected chi connectivity index (χ4v) is 5.98. The van der Waals surface area contributed by atoms with Crippen molar-refractivity contribution in [1.29, 1.82) is 0 Å². The van der Waals surface area contributed by atoms with E-state index < -0.39 is 21.8 Å². The first-order valence-corrected chi connectivity index (χ1v) is 11.7. The highest BCUT2D eigenvalue weighted by atomic mass is 32.2. The number of nitrogens with zero attached hydrogens (tertiary/aromatic N) is 2. The molecule has 3 rings (SSSR count). The maximum atomic E-state index is 12.9. The molecule has 0 spiro atoms. The van der Waals surface area contributed by atoms with Gasteiger partial charge in [-0.2, -0.15) is 4.31 Å². The minimum atomic E-state index is -3.81. The number of carbonyl (C=O) groups is 2. The molecule has 2 aromatic rings. The van der Waals surface area contributed by atoms with Crippen LogP contribution in [-0.2, 0) is 27.2 Å². The lowest BCUT2D eigenvalue weighted by atomic mass is 9.89. The highest BCUT2D eigenvalue weighted by Crippen LogP contribution is 2.34. The van der Waals surface area contributed by atoms with Gasteiger partial charge in [0.15, 0.2) is 0 Å². The minimum absolute atomic E-state index is 0.0366. The van der Waals surface area contributed by atoms with Crippen LogP contribution in [-0.4, -0.2) is 55.4 Å². The monoisotopic (exact) mass is 454 g/mol. The van der Waals surface area contributed by atoms with Crippen LogP contribution < -0.4 is 11.1 Å². The molecule has 0 saturated carbocycles. The molecule has 1 aliphatic rings. The first kappa shape index (κ1) is 22.5. The van der Waals surface area contributed by atoms with Crippen LogP contribution in [0.4, 0.5) is 5.00 Å². The summed E-state index contributed by atoms with van der Waals surface area (Å²) in [6.07, 6.45) is 1.87. The van der Waals surface area contributed by atoms with Crippen molar-refractivity contribution in [3.05, 3.63) is 35.2 Å². The molecule has 0 unspecified atom stereocenters. The highest BCUT2D eigenvalue weighted by Gasteiger charge is 2.31. The van der Waals surface area contributed by atoms with Gasteiger partial charge in [0.2, 0.25) is 0 Å². The van der Waals surface area contributed by atoms with Gasteiger partial charge in [-0.05, 0) is 23.1 Å². The zero-order chi connectivity index (χ0) is 22.3. The average molecular weight is 455 g/mol. The third-order valence-electron chi connectivity index (χ3n) is 4.87. The standard InChI is InChI=1S/C19H26N4O5S2/c1-19(2,3)12-9-14(22(4)11-12)17(25)21-18-13(16(20)24)10-15(29-18)30(26,27)23-5-7-28-8-6-23/h9-11H,5-8H2,1-4H3,(H2,20,24)(H,21,25). The number of thiophene rings is 1. The molecule has 0 radical (unpaired) electrons. The summed E-state index contributed by atoms with van der Waals surface area (Å²) in [6.45, 7) is 7.19. The van der Waals surface area contributed by atoms with E-state index in [-0.39, 0.29) is 33.3 Å². The van der Waals surface area contributed by atoms with E-state index >= 15 is 0 Å². The Hall–Kier alpha value is -2.21. The van der Waals surface area contributed by atoms with Gasteiger partial charge in [-0.15, -0.1) is 11.3 Å². The lowest BCUT2D eigenvalue weighted by Crippen LogP contribution is -2.40. The minimum Gasteiger partial charge on any atom is -0.379 e. The van der Waals surface area contributed by atoms with Crippen molar-refractivity contribution in [3.63, 3.8) is 0 Å². The summed E-state index contributed by atoms with van der Waals surface area (Å²) in [4.78, 5) is 24.8. The molecule has 11 heteroatoms. The number of sulfonamides is 1. The van der Waals surface area contributed by atoms with Gasteiger partial charge in [0.1, 0.15) is 14.9 Å². The van der Waals surface area contributed by atoms with Gasteiger partial charge in [-0.3, -0.25) is 9.59 Å². The Morgan fingerprint density at radius 3 is 2.37 bits per heavy atom. The fraction of sp³-hybridized carbons (Fsp3) is 0.474. The van der Waals surface area contributed by atoms with Gasteiger partial charge in [0, 0.05) is 26.3 Å². The molecule has 0 aromatic carbocycles. The average Bonchev–Trinajstić information content (AvgIpc) is 3.26. The van der Waals surface area contributed by atoms with Crippen LogP contribution in [0.2, 0.25) is 0 Å². The second-order valence-corrected chi connectivity index (χ2v) is 11.3. The van der Waals surface area contributed by atoms with Gasteiger partial charge < -0.3 is 20.4 Å². The predicted octanol–water partition coefficient (Wildman–Crippen LogP) is 1.76. The number of hydrogen-bond acceptors (Lipinski definition) is 6. The maximum Gasteiger partial charge on any atom is 0.272 e. The number of nitrogens with two attached hydrogens (primary N) is 1. The number of hydrogen-bond donors (Lipinski definition) is 2. The number of anilines is 1. The molecule has 0 atom stereocenters. The Bertz CT molecular complexity index is 1070. The van der Waals surface area contributed by atoms with Crippen molar-refractivity contribution >= 4 is 38.2 Å². The molecule has 9 nitrogen and oxygen atoms in total. The van der Waals surface area contributed by atoms with E-state index in [1.54, 1.807) is 17.7 Å². The van der Waals surface area contributed by atoms with Gasteiger partial charge in [-0.25, -0.2) is 8.42 Å². The fourth-order valence-electron chi connectivity index (χ4n) is 3.05. The van der Waals surface area contributed by atoms with Crippen LogP contribution in [0.3, 0.4) is 0 Å². The molecule has 3 N–H and O–H groups in total. The van der Waals surface area contributed by atoms with E-state index in [1.165, 1.54) is 10.4 Å². The number of aryl methyl sites for hydroxylation is 1. The molecular weight excluding hydrogens is 428 g/mol. The molecule has 2 aromatic heterocycles. The summed E-state index contributed by atoms with van der Waals surface area (Å²) in [7, 11) is -2.06. The lowest BCUT2D eigenvalue weighted by Gasteiger charge is -2.25. The molecule has 1 fully saturated rings. The third kappa shape index (κ3) is 4.43. The number of amides is 2. The zero-order valence-corrected chi connectivity index (χ0v) is 19.0. The van der Waals surface area contributed by atoms with E-state index in [0.717, 1.165) is 16.9 Å². The Morgan fingerprint density at radius 2 is 1.83 bits per heavy atom. The molecule has 164 valence electrons. The Kier molecular flexibility index (Phi) is 6.10. The molecule has 0 aliphatic carbocycles. The van der Waals surface area contributed by atoms with Crippen molar-refractivity contribution in [2.75, 3.05) is 31.6 Å². The van der Waals surface area contributed by atoms with Crippen LogP contribution in [0, 0.1) is 0 Å². The van der Waals surface area contributed by atoms with Gasteiger partial charge in [0.25, 0.3) is 21.8 Å². The van der Waals surface area contributed by atoms with Crippen molar-refractivity contribution < 1.29 is 22.7 Å². The zero-order valence-electron chi connectivity index (χ0n) is 17.4. The summed E-state index contributed by atoms with van der Waals surface area (Å²) < 4.78 is 34.0. The number of morpholine rings is 1. The predicted molar refractivity (Wildman–Crippen MR) is 114 cm³/mol. The quantitative estimate of drug-likeness (QED) is 0.712. The molecular formula is C19H26N4O5S2. The van der Waals surface area contributed by atoms with E-state index in [4.69, 9.17) is 10.5 Å². The number of primary amides is 1. The highest BCUT2D eigenvalue weighted by molar-refractivity contribution is 7.91. The largest absolute Gasteiger partial charge is 0.379 e. The number of carbonyl (C=O) groups excluding carboxylic acids is 2. The van der Waals surface area contributed by atoms with Crippen molar-refractivity contribution in [1.82, 2.24) is 8.87 Å². The summed E-state index contributed by atoms with van der Waals surface area (Å²) in [5.41, 5.74) is 6.63. The van der Waals surface area contributed by atoms with Crippen LogP contribution >= 0.6 is 11.3 Å². The Morgan fingerprint density at radius 1 is 1.20 bits per heavy atom. The van der Waals surface area contributed by atoms with Crippen LogP contribution in [0.1, 0.15) is 47.2 Å². The molecule has 0 bridgehead atoms. The smallest absolute Gasteiger partial charge is 0.272 e. The Labute approximate surface area is 179 Å². The first-order valence-electron chi connectivity index (χ1n) is 9.41. The van der Waals surface area contributed by atoms with Crippen LogP contribution in [0.25, 0.3) is 0 Å². The van der Waals surface area contributed by atoms with Crippen molar-refractivity contribution in [2.45, 2.75) is 30.4 Å². The summed E-state index contributed by atoms with van der Waals surface area (Å²) in [6, 6.07) is 3.00. The molecule has 1 saturated heterocycles. The molecule has 2 amide bonds. The Balaban J connectivity index is 1.92. The van der Waals surface area contributed by atoms with E-state index in [1.807, 2.05) is 27.0 Å². The van der Waals surface area contributed by atoms with E-state index in [9.17, 15) is 18.0 Å². The van der Waals surface area contributed by atoms with Gasteiger partial charge in [-0.1, -0.05) is 20.8 Å². The van der Waals surface area contributed by atoms with Crippen LogP contribution in [0.5, 0.6) is 0 Å². The van der Waals surface area contributed by atoms with Gasteiger partial charge >= 0.3 is 0 Å². The summed E-state index contributed by atoms with van der Waals surface area (Å²) >= 11 is 0.817. The summed E-state index contributed by atoms with van der Waals surface area (Å²) in [5, 5.41) is 2.77. The molecule has 30 heavy (non-hydrogen) atoms. The first-order chi connectivity index (χ1) is 13.9. The topological polar surface area (TPSA) is 124 Å². The number of ether oxygens (including phenoxy) is 1. The van der Waals surface area contributed by atoms with Crippen molar-refractivity contribution in [2.24, 2.45) is 12.8 Å². The van der Waals surface area contributed by atoms with Crippen LogP contribution in [0.15, 0.2) is 22.5 Å². The lowest BCUT2D eigenvalue weighted by molar-refractivity contribution is 0.0731. The second kappa shape index (κ2) is 8.14. The normalized spacial score (nSPS) is 15.9. The van der Waals surface area contributed by atoms with Gasteiger partial charge in [0.05, 0.1) is 18.8 Å².